The second-order valence-corrected chi connectivity index (χ2v) is 6.20. The first-order valence-electron chi connectivity index (χ1n) is 8.82. The molecule has 4 amide bonds. The first-order chi connectivity index (χ1) is 14.0. The SMILES string of the molecule is C=CCc1cc(/C=C2\C(=O)NC(=O)N(c3ccccc3)C2=O)cc(OC)c1OC. The van der Waals surface area contributed by atoms with E-state index in [-0.39, 0.29) is 5.57 Å². The maximum Gasteiger partial charge on any atom is 0.335 e. The van der Waals surface area contributed by atoms with Crippen LogP contribution in [0, 0.1) is 0 Å². The van der Waals surface area contributed by atoms with Gasteiger partial charge in [0.15, 0.2) is 11.5 Å². The van der Waals surface area contributed by atoms with E-state index in [2.05, 4.69) is 11.9 Å². The van der Waals surface area contributed by atoms with Crippen LogP contribution >= 0.6 is 0 Å². The number of methoxy groups -OCH3 is 2. The minimum absolute atomic E-state index is 0.162. The highest BCUT2D eigenvalue weighted by Gasteiger charge is 2.36. The van der Waals surface area contributed by atoms with E-state index in [0.29, 0.717) is 29.2 Å². The van der Waals surface area contributed by atoms with Gasteiger partial charge in [-0.15, -0.1) is 6.58 Å². The Morgan fingerprint density at radius 2 is 1.79 bits per heavy atom. The molecule has 0 saturated carbocycles. The van der Waals surface area contributed by atoms with Gasteiger partial charge in [0.05, 0.1) is 19.9 Å². The molecule has 1 aliphatic heterocycles. The first kappa shape index (κ1) is 19.9. The zero-order valence-corrected chi connectivity index (χ0v) is 16.1. The Kier molecular flexibility index (Phi) is 5.78. The van der Waals surface area contributed by atoms with Crippen molar-refractivity contribution in [3.05, 3.63) is 71.8 Å². The molecule has 2 aromatic rings. The number of ether oxygens (including phenoxy) is 2. The lowest BCUT2D eigenvalue weighted by Gasteiger charge is -2.26. The third kappa shape index (κ3) is 3.89. The van der Waals surface area contributed by atoms with Crippen molar-refractivity contribution in [1.29, 1.82) is 0 Å². The van der Waals surface area contributed by atoms with Gasteiger partial charge in [0.2, 0.25) is 0 Å². The van der Waals surface area contributed by atoms with Crippen molar-refractivity contribution in [1.82, 2.24) is 5.32 Å². The van der Waals surface area contributed by atoms with Crippen LogP contribution in [0.5, 0.6) is 11.5 Å². The van der Waals surface area contributed by atoms with E-state index in [0.717, 1.165) is 10.5 Å². The van der Waals surface area contributed by atoms with Crippen LogP contribution in [0.1, 0.15) is 11.1 Å². The van der Waals surface area contributed by atoms with E-state index in [1.807, 2.05) is 0 Å². The number of allylic oxidation sites excluding steroid dienone is 1. The molecule has 1 saturated heterocycles. The number of benzene rings is 2. The fourth-order valence-electron chi connectivity index (χ4n) is 3.09. The summed E-state index contributed by atoms with van der Waals surface area (Å²) in [6.45, 7) is 3.73. The normalized spacial score (nSPS) is 15.3. The van der Waals surface area contributed by atoms with Gasteiger partial charge in [-0.05, 0) is 42.3 Å². The average molecular weight is 392 g/mol. The molecule has 29 heavy (non-hydrogen) atoms. The molecule has 0 atom stereocenters. The molecule has 0 unspecified atom stereocenters. The monoisotopic (exact) mass is 392 g/mol. The molecule has 7 heteroatoms. The lowest BCUT2D eigenvalue weighted by atomic mass is 10.0. The number of amides is 4. The van der Waals surface area contributed by atoms with Gasteiger partial charge < -0.3 is 9.47 Å². The van der Waals surface area contributed by atoms with Crippen LogP contribution in [0.15, 0.2) is 60.7 Å². The predicted molar refractivity (Wildman–Crippen MR) is 109 cm³/mol. The van der Waals surface area contributed by atoms with Crippen molar-refractivity contribution < 1.29 is 23.9 Å². The number of hydrogen-bond acceptors (Lipinski definition) is 5. The van der Waals surface area contributed by atoms with Crippen LogP contribution in [-0.4, -0.2) is 32.1 Å². The number of imide groups is 2. The zero-order valence-electron chi connectivity index (χ0n) is 16.1. The van der Waals surface area contributed by atoms with Crippen molar-refractivity contribution in [2.75, 3.05) is 19.1 Å². The van der Waals surface area contributed by atoms with E-state index in [1.54, 1.807) is 48.5 Å². The molecule has 2 aromatic carbocycles. The molecule has 1 N–H and O–H groups in total. The fraction of sp³-hybridized carbons (Fsp3) is 0.136. The van der Waals surface area contributed by atoms with Gasteiger partial charge in [-0.25, -0.2) is 9.69 Å². The summed E-state index contributed by atoms with van der Waals surface area (Å²) in [5.74, 6) is -0.453. The first-order valence-corrected chi connectivity index (χ1v) is 8.82. The summed E-state index contributed by atoms with van der Waals surface area (Å²) in [6.07, 6.45) is 3.64. The Morgan fingerprint density at radius 3 is 2.41 bits per heavy atom. The number of carbonyl (C=O) groups excluding carboxylic acids is 3. The zero-order chi connectivity index (χ0) is 21.0. The second kappa shape index (κ2) is 8.43. The summed E-state index contributed by atoms with van der Waals surface area (Å²) in [4.78, 5) is 38.5. The fourth-order valence-corrected chi connectivity index (χ4v) is 3.09. The molecule has 1 heterocycles. The van der Waals surface area contributed by atoms with Gasteiger partial charge >= 0.3 is 6.03 Å². The van der Waals surface area contributed by atoms with Gasteiger partial charge in [0.25, 0.3) is 11.8 Å². The van der Waals surface area contributed by atoms with Crippen molar-refractivity contribution in [2.24, 2.45) is 0 Å². The summed E-state index contributed by atoms with van der Waals surface area (Å²) in [6, 6.07) is 11.0. The molecule has 0 bridgehead atoms. The largest absolute Gasteiger partial charge is 0.493 e. The number of carbonyl (C=O) groups is 3. The highest BCUT2D eigenvalue weighted by atomic mass is 16.5. The van der Waals surface area contributed by atoms with Crippen LogP contribution in [0.25, 0.3) is 6.08 Å². The molecular formula is C22H20N2O5. The summed E-state index contributed by atoms with van der Waals surface area (Å²) in [5.41, 5.74) is 1.55. The van der Waals surface area contributed by atoms with E-state index >= 15 is 0 Å². The number of rotatable bonds is 6. The molecule has 0 spiro atoms. The standard InChI is InChI=1S/C22H20N2O5/c1-4-8-15-11-14(13-18(28-2)19(15)29-3)12-17-20(25)23-22(27)24(21(17)26)16-9-6-5-7-10-16/h4-7,9-13H,1,8H2,2-3H3,(H,23,25,27)/b17-12+. The Hall–Kier alpha value is -3.87. The Balaban J connectivity index is 2.07. The number of para-hydroxylation sites is 1. The maximum absolute atomic E-state index is 12.9. The van der Waals surface area contributed by atoms with Crippen molar-refractivity contribution >= 4 is 29.6 Å². The third-order valence-corrected chi connectivity index (χ3v) is 4.37. The molecule has 0 radical (unpaired) electrons. The van der Waals surface area contributed by atoms with Gasteiger partial charge in [0.1, 0.15) is 5.57 Å². The number of anilines is 1. The van der Waals surface area contributed by atoms with Crippen LogP contribution in [0.4, 0.5) is 10.5 Å². The van der Waals surface area contributed by atoms with E-state index in [1.165, 1.54) is 20.3 Å². The Bertz CT molecular complexity index is 1010. The average Bonchev–Trinajstić information content (AvgIpc) is 2.71. The van der Waals surface area contributed by atoms with Crippen molar-refractivity contribution in [3.63, 3.8) is 0 Å². The molecule has 0 aromatic heterocycles. The number of hydrogen-bond donors (Lipinski definition) is 1. The quantitative estimate of drug-likeness (QED) is 0.464. The summed E-state index contributed by atoms with van der Waals surface area (Å²) in [5, 5.41) is 2.21. The summed E-state index contributed by atoms with van der Waals surface area (Å²) in [7, 11) is 3.03. The highest BCUT2D eigenvalue weighted by molar-refractivity contribution is 6.39. The van der Waals surface area contributed by atoms with E-state index in [4.69, 9.17) is 9.47 Å². The van der Waals surface area contributed by atoms with Crippen molar-refractivity contribution in [3.8, 4) is 11.5 Å². The number of nitrogens with zero attached hydrogens (tertiary/aromatic N) is 1. The van der Waals surface area contributed by atoms with Gasteiger partial charge in [0, 0.05) is 5.56 Å². The number of urea groups is 1. The topological polar surface area (TPSA) is 84.9 Å². The van der Waals surface area contributed by atoms with E-state index in [9.17, 15) is 14.4 Å². The van der Waals surface area contributed by atoms with Crippen LogP contribution < -0.4 is 19.7 Å². The molecule has 1 aliphatic rings. The maximum atomic E-state index is 12.9. The van der Waals surface area contributed by atoms with Crippen LogP contribution in [0.3, 0.4) is 0 Å². The molecule has 1 fully saturated rings. The molecular weight excluding hydrogens is 372 g/mol. The summed E-state index contributed by atoms with van der Waals surface area (Å²) < 4.78 is 10.8. The van der Waals surface area contributed by atoms with Crippen LogP contribution in [0.2, 0.25) is 0 Å². The Morgan fingerprint density at radius 1 is 1.07 bits per heavy atom. The summed E-state index contributed by atoms with van der Waals surface area (Å²) >= 11 is 0. The minimum atomic E-state index is -0.789. The van der Waals surface area contributed by atoms with E-state index < -0.39 is 17.8 Å². The molecule has 7 nitrogen and oxygen atoms in total. The third-order valence-electron chi connectivity index (χ3n) is 4.37. The van der Waals surface area contributed by atoms with Gasteiger partial charge in [-0.3, -0.25) is 14.9 Å². The molecule has 3 rings (SSSR count). The smallest absolute Gasteiger partial charge is 0.335 e. The van der Waals surface area contributed by atoms with Gasteiger partial charge in [-0.2, -0.15) is 0 Å². The Labute approximate surface area is 168 Å². The second-order valence-electron chi connectivity index (χ2n) is 6.20. The number of nitrogens with one attached hydrogen (secondary N) is 1. The number of barbiturate groups is 1. The highest BCUT2D eigenvalue weighted by Crippen LogP contribution is 2.34. The lowest BCUT2D eigenvalue weighted by Crippen LogP contribution is -2.54. The minimum Gasteiger partial charge on any atom is -0.493 e. The van der Waals surface area contributed by atoms with Crippen LogP contribution in [-0.2, 0) is 16.0 Å². The molecule has 0 aliphatic carbocycles. The lowest BCUT2D eigenvalue weighted by molar-refractivity contribution is -0.122. The van der Waals surface area contributed by atoms with Crippen molar-refractivity contribution in [2.45, 2.75) is 6.42 Å². The van der Waals surface area contributed by atoms with Gasteiger partial charge in [-0.1, -0.05) is 24.3 Å². The predicted octanol–water partition coefficient (Wildman–Crippen LogP) is 3.10. The molecule has 148 valence electrons.